The van der Waals surface area contributed by atoms with Crippen molar-refractivity contribution in [3.8, 4) is 0 Å². The lowest BCUT2D eigenvalue weighted by Gasteiger charge is -2.21. The second-order valence-corrected chi connectivity index (χ2v) is 8.11. The molecule has 2 N–H and O–H groups in total. The third-order valence-corrected chi connectivity index (χ3v) is 6.06. The second kappa shape index (κ2) is 8.60. The van der Waals surface area contributed by atoms with Crippen LogP contribution in [0.15, 0.2) is 29.2 Å². The van der Waals surface area contributed by atoms with Crippen LogP contribution in [-0.4, -0.2) is 37.5 Å². The predicted octanol–water partition coefficient (Wildman–Crippen LogP) is 3.20. The number of hydrogen-bond donors (Lipinski definition) is 2. The summed E-state index contributed by atoms with van der Waals surface area (Å²) in [5.74, 6) is 0. The highest BCUT2D eigenvalue weighted by Gasteiger charge is 2.23. The van der Waals surface area contributed by atoms with E-state index in [1.807, 2.05) is 34.6 Å². The van der Waals surface area contributed by atoms with Gasteiger partial charge in [0.2, 0.25) is 10.0 Å². The third kappa shape index (κ3) is 5.03. The van der Waals surface area contributed by atoms with Crippen LogP contribution >= 0.6 is 12.2 Å². The Morgan fingerprint density at radius 2 is 1.83 bits per heavy atom. The second-order valence-electron chi connectivity index (χ2n) is 5.77. The van der Waals surface area contributed by atoms with Crippen LogP contribution in [0.2, 0.25) is 0 Å². The van der Waals surface area contributed by atoms with Gasteiger partial charge in [-0.3, -0.25) is 0 Å². The van der Waals surface area contributed by atoms with Crippen molar-refractivity contribution in [3.63, 3.8) is 0 Å². The highest BCUT2D eigenvalue weighted by atomic mass is 32.2. The average molecular weight is 370 g/mol. The SMILES string of the molecule is C=C(C)CNC(=S)Nc1cc(S(=O)(=O)N(CC)CC)cc(C)c1C. The topological polar surface area (TPSA) is 61.4 Å². The molecule has 0 saturated heterocycles. The summed E-state index contributed by atoms with van der Waals surface area (Å²) in [5, 5.41) is 6.57. The van der Waals surface area contributed by atoms with Crippen LogP contribution in [0.25, 0.3) is 0 Å². The molecule has 0 fully saturated rings. The molecule has 134 valence electrons. The van der Waals surface area contributed by atoms with Crippen molar-refractivity contribution in [3.05, 3.63) is 35.4 Å². The first-order chi connectivity index (χ1) is 11.1. The lowest BCUT2D eigenvalue weighted by atomic mass is 10.1. The summed E-state index contributed by atoms with van der Waals surface area (Å²) in [7, 11) is -3.51. The van der Waals surface area contributed by atoms with Gasteiger partial charge in [0.1, 0.15) is 0 Å². The molecule has 0 spiro atoms. The molecule has 1 rings (SSSR count). The first-order valence-corrected chi connectivity index (χ1v) is 9.78. The van der Waals surface area contributed by atoms with Crippen molar-refractivity contribution in [2.75, 3.05) is 25.0 Å². The maximum Gasteiger partial charge on any atom is 0.243 e. The van der Waals surface area contributed by atoms with Gasteiger partial charge in [0, 0.05) is 25.3 Å². The molecule has 0 unspecified atom stereocenters. The van der Waals surface area contributed by atoms with Gasteiger partial charge in [0.15, 0.2) is 5.11 Å². The van der Waals surface area contributed by atoms with E-state index in [-0.39, 0.29) is 4.90 Å². The Labute approximate surface area is 151 Å². The van der Waals surface area contributed by atoms with E-state index >= 15 is 0 Å². The van der Waals surface area contributed by atoms with Gasteiger partial charge in [0.25, 0.3) is 0 Å². The maximum absolute atomic E-state index is 12.7. The fraction of sp³-hybridized carbons (Fsp3) is 0.471. The summed E-state index contributed by atoms with van der Waals surface area (Å²) < 4.78 is 26.9. The summed E-state index contributed by atoms with van der Waals surface area (Å²) in [6.45, 7) is 14.7. The van der Waals surface area contributed by atoms with E-state index in [4.69, 9.17) is 12.2 Å². The lowest BCUT2D eigenvalue weighted by molar-refractivity contribution is 0.445. The quantitative estimate of drug-likeness (QED) is 0.571. The van der Waals surface area contributed by atoms with Gasteiger partial charge in [-0.25, -0.2) is 8.42 Å². The Morgan fingerprint density at radius 3 is 2.33 bits per heavy atom. The van der Waals surface area contributed by atoms with E-state index in [0.717, 1.165) is 16.7 Å². The van der Waals surface area contributed by atoms with E-state index in [0.29, 0.717) is 30.4 Å². The van der Waals surface area contributed by atoms with E-state index in [9.17, 15) is 8.42 Å². The maximum atomic E-state index is 12.7. The summed E-state index contributed by atoms with van der Waals surface area (Å²) in [6.07, 6.45) is 0. The van der Waals surface area contributed by atoms with Crippen LogP contribution < -0.4 is 10.6 Å². The van der Waals surface area contributed by atoms with Crippen LogP contribution in [0.1, 0.15) is 31.9 Å². The van der Waals surface area contributed by atoms with Crippen molar-refractivity contribution in [2.45, 2.75) is 39.5 Å². The minimum atomic E-state index is -3.51. The van der Waals surface area contributed by atoms with Gasteiger partial charge < -0.3 is 10.6 Å². The van der Waals surface area contributed by atoms with E-state index in [1.54, 1.807) is 12.1 Å². The Bertz CT molecular complexity index is 724. The van der Waals surface area contributed by atoms with Gasteiger partial charge in [-0.1, -0.05) is 26.0 Å². The number of rotatable bonds is 7. The normalized spacial score (nSPS) is 11.4. The Morgan fingerprint density at radius 1 is 1.25 bits per heavy atom. The van der Waals surface area contributed by atoms with Crippen molar-refractivity contribution >= 4 is 33.0 Å². The van der Waals surface area contributed by atoms with Crippen LogP contribution in [-0.2, 0) is 10.0 Å². The smallest absolute Gasteiger partial charge is 0.243 e. The first kappa shape index (κ1) is 20.6. The molecule has 5 nitrogen and oxygen atoms in total. The fourth-order valence-corrected chi connectivity index (χ4v) is 3.97. The monoisotopic (exact) mass is 369 g/mol. The minimum absolute atomic E-state index is 0.277. The van der Waals surface area contributed by atoms with Crippen molar-refractivity contribution < 1.29 is 8.42 Å². The average Bonchev–Trinajstić information content (AvgIpc) is 2.50. The van der Waals surface area contributed by atoms with Gasteiger partial charge in [-0.2, -0.15) is 4.31 Å². The molecule has 0 aliphatic carbocycles. The molecule has 0 atom stereocenters. The molecular formula is C17H27N3O2S2. The largest absolute Gasteiger partial charge is 0.359 e. The van der Waals surface area contributed by atoms with E-state index < -0.39 is 10.0 Å². The Balaban J connectivity index is 3.18. The van der Waals surface area contributed by atoms with E-state index in [2.05, 4.69) is 17.2 Å². The van der Waals surface area contributed by atoms with Crippen molar-refractivity contribution in [1.29, 1.82) is 0 Å². The van der Waals surface area contributed by atoms with Crippen LogP contribution in [0.3, 0.4) is 0 Å². The van der Waals surface area contributed by atoms with Crippen molar-refractivity contribution in [2.24, 2.45) is 0 Å². The summed E-state index contributed by atoms with van der Waals surface area (Å²) in [4.78, 5) is 0.277. The lowest BCUT2D eigenvalue weighted by Crippen LogP contribution is -2.31. The molecule has 0 radical (unpaired) electrons. The highest BCUT2D eigenvalue weighted by molar-refractivity contribution is 7.89. The molecule has 24 heavy (non-hydrogen) atoms. The van der Waals surface area contributed by atoms with Crippen molar-refractivity contribution in [1.82, 2.24) is 9.62 Å². The number of thiocarbonyl (C=S) groups is 1. The minimum Gasteiger partial charge on any atom is -0.359 e. The molecule has 0 heterocycles. The van der Waals surface area contributed by atoms with Crippen LogP contribution in [0.4, 0.5) is 5.69 Å². The van der Waals surface area contributed by atoms with Crippen LogP contribution in [0, 0.1) is 13.8 Å². The predicted molar refractivity (Wildman–Crippen MR) is 105 cm³/mol. The third-order valence-electron chi connectivity index (χ3n) is 3.78. The summed E-state index contributed by atoms with van der Waals surface area (Å²) in [5.41, 5.74) is 3.52. The zero-order valence-corrected chi connectivity index (χ0v) is 16.7. The molecule has 1 aromatic rings. The number of anilines is 1. The molecule has 1 aromatic carbocycles. The zero-order chi connectivity index (χ0) is 18.5. The van der Waals surface area contributed by atoms with Gasteiger partial charge >= 0.3 is 0 Å². The number of sulfonamides is 1. The van der Waals surface area contributed by atoms with E-state index in [1.165, 1.54) is 4.31 Å². The number of hydrogen-bond acceptors (Lipinski definition) is 3. The zero-order valence-electron chi connectivity index (χ0n) is 15.1. The fourth-order valence-electron chi connectivity index (χ4n) is 2.22. The summed E-state index contributed by atoms with van der Waals surface area (Å²) in [6, 6.07) is 3.35. The standard InChI is InChI=1S/C17H27N3O2S2/c1-7-20(8-2)24(21,22)15-9-13(5)14(6)16(10-15)19-17(23)18-11-12(3)4/h9-10H,3,7-8,11H2,1-2,4-6H3,(H2,18,19,23). The highest BCUT2D eigenvalue weighted by Crippen LogP contribution is 2.26. The number of benzene rings is 1. The molecule has 0 aromatic heterocycles. The molecule has 0 aliphatic rings. The number of nitrogens with one attached hydrogen (secondary N) is 2. The Hall–Kier alpha value is -1.44. The molecule has 0 aliphatic heterocycles. The Kier molecular flexibility index (Phi) is 7.38. The number of aryl methyl sites for hydroxylation is 1. The van der Waals surface area contributed by atoms with Gasteiger partial charge in [0.05, 0.1) is 4.90 Å². The molecular weight excluding hydrogens is 342 g/mol. The molecule has 0 saturated carbocycles. The van der Waals surface area contributed by atoms with Crippen LogP contribution in [0.5, 0.6) is 0 Å². The van der Waals surface area contributed by atoms with Gasteiger partial charge in [-0.05, 0) is 56.2 Å². The molecule has 0 amide bonds. The molecule has 7 heteroatoms. The first-order valence-electron chi connectivity index (χ1n) is 7.94. The van der Waals surface area contributed by atoms with Gasteiger partial charge in [-0.15, -0.1) is 0 Å². The number of nitrogens with zero attached hydrogens (tertiary/aromatic N) is 1. The summed E-state index contributed by atoms with van der Waals surface area (Å²) >= 11 is 5.27. The molecule has 0 bridgehead atoms.